The van der Waals surface area contributed by atoms with Gasteiger partial charge >= 0.3 is 0 Å². The Bertz CT molecular complexity index is 855. The molecule has 0 saturated heterocycles. The van der Waals surface area contributed by atoms with Crippen LogP contribution in [0.1, 0.15) is 22.3 Å². The van der Waals surface area contributed by atoms with E-state index in [-0.39, 0.29) is 12.9 Å². The molecule has 1 aliphatic carbocycles. The lowest BCUT2D eigenvalue weighted by atomic mass is 9.71. The summed E-state index contributed by atoms with van der Waals surface area (Å²) in [5.74, 6) is 0.155. The molecule has 1 amide bonds. The van der Waals surface area contributed by atoms with Crippen molar-refractivity contribution in [2.75, 3.05) is 20.4 Å². The fourth-order valence-electron chi connectivity index (χ4n) is 4.21. The molecule has 1 aromatic rings. The zero-order valence-corrected chi connectivity index (χ0v) is 13.1. The van der Waals surface area contributed by atoms with Crippen LogP contribution >= 0.6 is 0 Å². The topological polar surface area (TPSA) is 65.1 Å². The summed E-state index contributed by atoms with van der Waals surface area (Å²) in [5.41, 5.74) is 1.55. The smallest absolute Gasteiger partial charge is 0.296 e. The molecule has 0 saturated carbocycles. The normalized spacial score (nSPS) is 29.3. The van der Waals surface area contributed by atoms with E-state index in [9.17, 15) is 9.59 Å². The molecule has 1 aromatic carbocycles. The maximum atomic E-state index is 12.7. The van der Waals surface area contributed by atoms with Crippen LogP contribution < -0.4 is 9.47 Å². The van der Waals surface area contributed by atoms with Crippen molar-refractivity contribution in [1.29, 1.82) is 0 Å². The first kappa shape index (κ1) is 13.8. The number of nitrogens with zero attached hydrogens (tertiary/aromatic N) is 1. The highest BCUT2D eigenvalue weighted by atomic mass is 16.7. The molecule has 0 aromatic heterocycles. The Morgan fingerprint density at radius 1 is 1.25 bits per heavy atom. The van der Waals surface area contributed by atoms with Gasteiger partial charge in [-0.1, -0.05) is 18.2 Å². The number of amides is 1. The Morgan fingerprint density at radius 3 is 2.83 bits per heavy atom. The molecule has 0 N–H and O–H groups in total. The average molecular weight is 325 g/mol. The lowest BCUT2D eigenvalue weighted by Gasteiger charge is -2.47. The van der Waals surface area contributed by atoms with Crippen molar-refractivity contribution in [1.82, 2.24) is 4.90 Å². The van der Waals surface area contributed by atoms with Gasteiger partial charge in [0.05, 0.1) is 11.6 Å². The van der Waals surface area contributed by atoms with Gasteiger partial charge in [-0.3, -0.25) is 9.59 Å². The van der Waals surface area contributed by atoms with E-state index in [1.165, 1.54) is 0 Å². The molecular weight excluding hydrogens is 310 g/mol. The van der Waals surface area contributed by atoms with E-state index in [2.05, 4.69) is 0 Å². The van der Waals surface area contributed by atoms with Crippen LogP contribution in [0.15, 0.2) is 35.9 Å². The SMILES string of the molecule is CO[C@H]1C=CC2=CCN3C(=O)C(=O)c4cc5c(cc4[C@]23C1)OCO5. The fraction of sp³-hybridized carbons (Fsp3) is 0.333. The molecule has 0 radical (unpaired) electrons. The number of hydrogen-bond donors (Lipinski definition) is 0. The maximum absolute atomic E-state index is 12.7. The van der Waals surface area contributed by atoms with Gasteiger partial charge < -0.3 is 19.1 Å². The second-order valence-corrected chi connectivity index (χ2v) is 6.35. The van der Waals surface area contributed by atoms with Gasteiger partial charge in [-0.15, -0.1) is 0 Å². The number of carbonyl (C=O) groups is 2. The number of ketones is 1. The van der Waals surface area contributed by atoms with Crippen molar-refractivity contribution >= 4 is 11.7 Å². The predicted octanol–water partition coefficient (Wildman–Crippen LogP) is 1.55. The molecule has 2 atom stereocenters. The van der Waals surface area contributed by atoms with Crippen molar-refractivity contribution in [2.45, 2.75) is 18.1 Å². The summed E-state index contributed by atoms with van der Waals surface area (Å²) in [6.45, 7) is 0.551. The zero-order chi connectivity index (χ0) is 16.5. The van der Waals surface area contributed by atoms with Gasteiger partial charge in [-0.2, -0.15) is 0 Å². The minimum Gasteiger partial charge on any atom is -0.454 e. The van der Waals surface area contributed by atoms with Gasteiger partial charge in [0.25, 0.3) is 11.7 Å². The van der Waals surface area contributed by atoms with Crippen LogP contribution in [0, 0.1) is 0 Å². The second kappa shape index (κ2) is 4.48. The van der Waals surface area contributed by atoms with Crippen LogP contribution in [0.2, 0.25) is 0 Å². The van der Waals surface area contributed by atoms with E-state index in [0.717, 1.165) is 11.1 Å². The number of methoxy groups -OCH3 is 1. The first-order chi connectivity index (χ1) is 11.6. The predicted molar refractivity (Wildman–Crippen MR) is 82.9 cm³/mol. The summed E-state index contributed by atoms with van der Waals surface area (Å²) in [6.07, 6.45) is 6.45. The molecular formula is C18H15NO5. The summed E-state index contributed by atoms with van der Waals surface area (Å²) < 4.78 is 16.4. The van der Waals surface area contributed by atoms with Crippen LogP contribution in [0.3, 0.4) is 0 Å². The molecule has 0 unspecified atom stereocenters. The average Bonchev–Trinajstić information content (AvgIpc) is 3.22. The van der Waals surface area contributed by atoms with Crippen LogP contribution in [-0.4, -0.2) is 43.1 Å². The van der Waals surface area contributed by atoms with Crippen LogP contribution in [-0.2, 0) is 15.1 Å². The second-order valence-electron chi connectivity index (χ2n) is 6.35. The molecule has 122 valence electrons. The number of rotatable bonds is 1. The zero-order valence-electron chi connectivity index (χ0n) is 13.1. The molecule has 5 rings (SSSR count). The minimum atomic E-state index is -0.670. The monoisotopic (exact) mass is 325 g/mol. The molecule has 0 fully saturated rings. The van der Waals surface area contributed by atoms with E-state index >= 15 is 0 Å². The Kier molecular flexibility index (Phi) is 2.58. The standard InChI is InChI=1S/C18H15NO5/c1-22-11-3-2-10-4-5-19-17(21)16(20)12-6-14-15(24-9-23-14)7-13(12)18(10,19)8-11/h2-4,6-7,11H,5,8-9H2,1H3/t11-,18-/m0/s1. The van der Waals surface area contributed by atoms with Crippen molar-refractivity contribution in [2.24, 2.45) is 0 Å². The van der Waals surface area contributed by atoms with Gasteiger partial charge in [0.2, 0.25) is 6.79 Å². The van der Waals surface area contributed by atoms with Gasteiger partial charge in [0.1, 0.15) is 0 Å². The molecule has 24 heavy (non-hydrogen) atoms. The Balaban J connectivity index is 1.80. The van der Waals surface area contributed by atoms with Gasteiger partial charge in [0, 0.05) is 25.6 Å². The maximum Gasteiger partial charge on any atom is 0.296 e. The number of carbonyl (C=O) groups excluding carboxylic acids is 2. The quantitative estimate of drug-likeness (QED) is 0.733. The third kappa shape index (κ3) is 1.49. The highest BCUT2D eigenvalue weighted by Crippen LogP contribution is 2.53. The third-order valence-electron chi connectivity index (χ3n) is 5.36. The van der Waals surface area contributed by atoms with E-state index in [4.69, 9.17) is 14.2 Å². The van der Waals surface area contributed by atoms with E-state index in [1.807, 2.05) is 24.3 Å². The number of benzene rings is 1. The summed E-state index contributed by atoms with van der Waals surface area (Å²) >= 11 is 0. The Morgan fingerprint density at radius 2 is 2.04 bits per heavy atom. The molecule has 6 nitrogen and oxygen atoms in total. The summed E-state index contributed by atoms with van der Waals surface area (Å²) in [4.78, 5) is 27.0. The van der Waals surface area contributed by atoms with E-state index in [1.54, 1.807) is 18.1 Å². The van der Waals surface area contributed by atoms with Gasteiger partial charge in [-0.25, -0.2) is 0 Å². The molecule has 0 bridgehead atoms. The molecule has 3 aliphatic heterocycles. The van der Waals surface area contributed by atoms with Crippen molar-refractivity contribution in [3.8, 4) is 11.5 Å². The lowest BCUT2D eigenvalue weighted by molar-refractivity contribution is -0.132. The molecule has 6 heteroatoms. The Hall–Kier alpha value is -2.60. The van der Waals surface area contributed by atoms with E-state index in [0.29, 0.717) is 30.0 Å². The van der Waals surface area contributed by atoms with Gasteiger partial charge in [-0.05, 0) is 23.3 Å². The minimum absolute atomic E-state index is 0.123. The van der Waals surface area contributed by atoms with Crippen LogP contribution in [0.25, 0.3) is 0 Å². The number of ether oxygens (including phenoxy) is 3. The first-order valence-corrected chi connectivity index (χ1v) is 7.87. The van der Waals surface area contributed by atoms with Gasteiger partial charge in [0.15, 0.2) is 11.5 Å². The summed E-state index contributed by atoms with van der Waals surface area (Å²) in [6, 6.07) is 3.49. The van der Waals surface area contributed by atoms with Crippen LogP contribution in [0.5, 0.6) is 11.5 Å². The summed E-state index contributed by atoms with van der Waals surface area (Å²) in [5, 5.41) is 0. The van der Waals surface area contributed by atoms with Crippen molar-refractivity contribution in [3.63, 3.8) is 0 Å². The third-order valence-corrected chi connectivity index (χ3v) is 5.36. The van der Waals surface area contributed by atoms with Crippen molar-refractivity contribution in [3.05, 3.63) is 47.1 Å². The Labute approximate surface area is 138 Å². The van der Waals surface area contributed by atoms with Crippen molar-refractivity contribution < 1.29 is 23.8 Å². The first-order valence-electron chi connectivity index (χ1n) is 7.87. The summed E-state index contributed by atoms with van der Waals surface area (Å²) in [7, 11) is 1.65. The molecule has 4 aliphatic rings. The molecule has 3 heterocycles. The number of hydrogen-bond acceptors (Lipinski definition) is 5. The lowest BCUT2D eigenvalue weighted by Crippen LogP contribution is -2.56. The largest absolute Gasteiger partial charge is 0.454 e. The molecule has 1 spiro atoms. The number of fused-ring (bicyclic) bond motifs is 2. The number of Topliss-reactive ketones (excluding diaryl/α,β-unsaturated/α-hetero) is 1. The van der Waals surface area contributed by atoms with E-state index < -0.39 is 17.2 Å². The highest BCUT2D eigenvalue weighted by molar-refractivity contribution is 6.44. The fourth-order valence-corrected chi connectivity index (χ4v) is 4.21. The van der Waals surface area contributed by atoms with Crippen LogP contribution in [0.4, 0.5) is 0 Å². The highest BCUT2D eigenvalue weighted by Gasteiger charge is 2.55.